The van der Waals surface area contributed by atoms with Gasteiger partial charge < -0.3 is 9.80 Å². The molecule has 1 aromatic carbocycles. The summed E-state index contributed by atoms with van der Waals surface area (Å²) in [5.41, 5.74) is 1.96. The fourth-order valence-electron chi connectivity index (χ4n) is 2.95. The molecule has 1 atom stereocenters. The molecule has 0 fully saturated rings. The quantitative estimate of drug-likeness (QED) is 0.746. The molecule has 2 heterocycles. The van der Waals surface area contributed by atoms with E-state index in [0.29, 0.717) is 23.8 Å². The first-order chi connectivity index (χ1) is 11.5. The van der Waals surface area contributed by atoms with Gasteiger partial charge in [0.05, 0.1) is 16.9 Å². The maximum Gasteiger partial charge on any atom is 0.259 e. The zero-order valence-electron chi connectivity index (χ0n) is 13.6. The highest BCUT2D eigenvalue weighted by Crippen LogP contribution is 2.34. The Morgan fingerprint density at radius 2 is 1.71 bits per heavy atom. The van der Waals surface area contributed by atoms with Gasteiger partial charge in [-0.1, -0.05) is 30.7 Å². The third-order valence-electron chi connectivity index (χ3n) is 4.05. The number of hydrogen-bond donors (Lipinski definition) is 0. The zero-order valence-corrected chi connectivity index (χ0v) is 14.3. The van der Waals surface area contributed by atoms with Gasteiger partial charge in [-0.25, -0.2) is 4.98 Å². The van der Waals surface area contributed by atoms with Crippen LogP contribution in [-0.2, 0) is 4.79 Å². The molecule has 124 valence electrons. The van der Waals surface area contributed by atoms with Gasteiger partial charge in [0.1, 0.15) is 5.15 Å². The van der Waals surface area contributed by atoms with Crippen LogP contribution in [0.2, 0.25) is 5.15 Å². The Morgan fingerprint density at radius 1 is 1.08 bits per heavy atom. The van der Waals surface area contributed by atoms with E-state index in [0.717, 1.165) is 11.4 Å². The number of pyridine rings is 1. The predicted molar refractivity (Wildman–Crippen MR) is 94.6 cm³/mol. The second kappa shape index (κ2) is 6.61. The van der Waals surface area contributed by atoms with Crippen LogP contribution in [0.1, 0.15) is 24.2 Å². The molecule has 0 saturated heterocycles. The standard InChI is InChI=1S/C18H18ClN3O2/c1-12-10-21(13(2)23)15-5-3-4-6-16(15)22(11-12)18(24)14-7-8-17(19)20-9-14/h3-9,12H,10-11H2,1-2H3/t12-/m0/s1. The topological polar surface area (TPSA) is 53.5 Å². The van der Waals surface area contributed by atoms with Crippen molar-refractivity contribution in [2.45, 2.75) is 13.8 Å². The summed E-state index contributed by atoms with van der Waals surface area (Å²) in [6.07, 6.45) is 1.48. The predicted octanol–water partition coefficient (Wildman–Crippen LogP) is 3.38. The first kappa shape index (κ1) is 16.5. The maximum atomic E-state index is 13.0. The summed E-state index contributed by atoms with van der Waals surface area (Å²) < 4.78 is 0. The number of halogens is 1. The Hall–Kier alpha value is -2.40. The largest absolute Gasteiger partial charge is 0.310 e. The maximum absolute atomic E-state index is 13.0. The molecular formula is C18H18ClN3O2. The third-order valence-corrected chi connectivity index (χ3v) is 4.27. The molecule has 0 unspecified atom stereocenters. The van der Waals surface area contributed by atoms with Gasteiger partial charge in [0.25, 0.3) is 5.91 Å². The second-order valence-corrected chi connectivity index (χ2v) is 6.40. The van der Waals surface area contributed by atoms with Crippen molar-refractivity contribution in [1.29, 1.82) is 0 Å². The summed E-state index contributed by atoms with van der Waals surface area (Å²) in [4.78, 5) is 32.5. The Balaban J connectivity index is 2.06. The van der Waals surface area contributed by atoms with Crippen molar-refractivity contribution in [3.05, 3.63) is 53.3 Å². The fourth-order valence-corrected chi connectivity index (χ4v) is 3.06. The van der Waals surface area contributed by atoms with Crippen molar-refractivity contribution in [2.24, 2.45) is 5.92 Å². The summed E-state index contributed by atoms with van der Waals surface area (Å²) in [7, 11) is 0. The van der Waals surface area contributed by atoms with E-state index in [1.807, 2.05) is 31.2 Å². The molecule has 2 aromatic rings. The van der Waals surface area contributed by atoms with Crippen LogP contribution in [0.15, 0.2) is 42.6 Å². The number of aromatic nitrogens is 1. The zero-order chi connectivity index (χ0) is 17.3. The number of para-hydroxylation sites is 2. The van der Waals surface area contributed by atoms with Crippen molar-refractivity contribution in [1.82, 2.24) is 4.98 Å². The minimum atomic E-state index is -0.149. The van der Waals surface area contributed by atoms with Crippen LogP contribution in [0, 0.1) is 5.92 Å². The van der Waals surface area contributed by atoms with Gasteiger partial charge >= 0.3 is 0 Å². The summed E-state index contributed by atoms with van der Waals surface area (Å²) in [5.74, 6) is -0.0360. The molecule has 0 aliphatic carbocycles. The summed E-state index contributed by atoms with van der Waals surface area (Å²) in [5, 5.41) is 0.346. The smallest absolute Gasteiger partial charge is 0.259 e. The fraction of sp³-hybridized carbons (Fsp3) is 0.278. The van der Waals surface area contributed by atoms with E-state index in [1.165, 1.54) is 6.20 Å². The van der Waals surface area contributed by atoms with E-state index in [4.69, 9.17) is 11.6 Å². The lowest BCUT2D eigenvalue weighted by molar-refractivity contribution is -0.116. The minimum Gasteiger partial charge on any atom is -0.310 e. The lowest BCUT2D eigenvalue weighted by Crippen LogP contribution is -2.35. The van der Waals surface area contributed by atoms with Crippen molar-refractivity contribution in [3.8, 4) is 0 Å². The molecule has 24 heavy (non-hydrogen) atoms. The number of amides is 2. The van der Waals surface area contributed by atoms with Gasteiger partial charge in [-0.05, 0) is 30.2 Å². The number of benzene rings is 1. The SMILES string of the molecule is CC(=O)N1C[C@H](C)CN(C(=O)c2ccc(Cl)nc2)c2ccccc21. The van der Waals surface area contributed by atoms with E-state index in [-0.39, 0.29) is 17.7 Å². The number of carbonyl (C=O) groups excluding carboxylic acids is 2. The van der Waals surface area contributed by atoms with Gasteiger partial charge in [-0.15, -0.1) is 0 Å². The molecule has 1 aromatic heterocycles. The second-order valence-electron chi connectivity index (χ2n) is 6.01. The number of hydrogen-bond acceptors (Lipinski definition) is 3. The van der Waals surface area contributed by atoms with Crippen LogP contribution < -0.4 is 9.80 Å². The molecular weight excluding hydrogens is 326 g/mol. The molecule has 0 saturated carbocycles. The highest BCUT2D eigenvalue weighted by Gasteiger charge is 2.30. The summed E-state index contributed by atoms with van der Waals surface area (Å²) >= 11 is 5.81. The highest BCUT2D eigenvalue weighted by molar-refractivity contribution is 6.29. The van der Waals surface area contributed by atoms with Crippen LogP contribution >= 0.6 is 11.6 Å². The van der Waals surface area contributed by atoms with E-state index in [1.54, 1.807) is 28.9 Å². The van der Waals surface area contributed by atoms with Gasteiger partial charge in [0, 0.05) is 26.2 Å². The van der Waals surface area contributed by atoms with Crippen molar-refractivity contribution in [3.63, 3.8) is 0 Å². The van der Waals surface area contributed by atoms with Gasteiger partial charge in [-0.2, -0.15) is 0 Å². The van der Waals surface area contributed by atoms with Crippen LogP contribution in [0.5, 0.6) is 0 Å². The van der Waals surface area contributed by atoms with Gasteiger partial charge in [-0.3, -0.25) is 9.59 Å². The molecule has 5 nitrogen and oxygen atoms in total. The lowest BCUT2D eigenvalue weighted by Gasteiger charge is -2.24. The van der Waals surface area contributed by atoms with E-state index in [2.05, 4.69) is 4.98 Å². The van der Waals surface area contributed by atoms with Crippen molar-refractivity contribution < 1.29 is 9.59 Å². The van der Waals surface area contributed by atoms with Gasteiger partial charge in [0.15, 0.2) is 0 Å². The average Bonchev–Trinajstić information content (AvgIpc) is 2.72. The average molecular weight is 344 g/mol. The highest BCUT2D eigenvalue weighted by atomic mass is 35.5. The molecule has 1 aliphatic heterocycles. The molecule has 0 bridgehead atoms. The van der Waals surface area contributed by atoms with E-state index >= 15 is 0 Å². The molecule has 0 radical (unpaired) electrons. The summed E-state index contributed by atoms with van der Waals surface area (Å²) in [6, 6.07) is 10.7. The summed E-state index contributed by atoms with van der Waals surface area (Å²) in [6.45, 7) is 4.68. The monoisotopic (exact) mass is 343 g/mol. The molecule has 0 N–H and O–H groups in total. The Bertz CT molecular complexity index is 776. The van der Waals surface area contributed by atoms with Crippen LogP contribution in [0.25, 0.3) is 0 Å². The molecule has 3 rings (SSSR count). The van der Waals surface area contributed by atoms with Crippen LogP contribution in [0.3, 0.4) is 0 Å². The lowest BCUT2D eigenvalue weighted by atomic mass is 10.1. The van der Waals surface area contributed by atoms with Crippen molar-refractivity contribution in [2.75, 3.05) is 22.9 Å². The Labute approximate surface area is 145 Å². The van der Waals surface area contributed by atoms with Crippen LogP contribution in [-0.4, -0.2) is 29.9 Å². The van der Waals surface area contributed by atoms with Gasteiger partial charge in [0.2, 0.25) is 5.91 Å². The Kier molecular flexibility index (Phi) is 4.53. The molecule has 1 aliphatic rings. The number of anilines is 2. The first-order valence-electron chi connectivity index (χ1n) is 7.78. The van der Waals surface area contributed by atoms with Crippen molar-refractivity contribution >= 4 is 34.8 Å². The normalized spacial score (nSPS) is 17.2. The Morgan fingerprint density at radius 3 is 2.29 bits per heavy atom. The number of carbonyl (C=O) groups is 2. The third kappa shape index (κ3) is 3.12. The number of rotatable bonds is 1. The number of nitrogens with zero attached hydrogens (tertiary/aromatic N) is 3. The minimum absolute atomic E-state index is 0.0308. The first-order valence-corrected chi connectivity index (χ1v) is 8.15. The molecule has 2 amide bonds. The van der Waals surface area contributed by atoms with Crippen LogP contribution in [0.4, 0.5) is 11.4 Å². The molecule has 0 spiro atoms. The van der Waals surface area contributed by atoms with E-state index < -0.39 is 0 Å². The molecule has 6 heteroatoms. The number of fused-ring (bicyclic) bond motifs is 1. The van der Waals surface area contributed by atoms with E-state index in [9.17, 15) is 9.59 Å².